The zero-order chi connectivity index (χ0) is 13.1. The molecular formula is C15H24N2O. The molecule has 1 aromatic rings. The zero-order valence-electron chi connectivity index (χ0n) is 11.6. The van der Waals surface area contributed by atoms with Crippen molar-refractivity contribution >= 4 is 5.69 Å². The van der Waals surface area contributed by atoms with Crippen molar-refractivity contribution in [2.45, 2.75) is 39.3 Å². The second-order valence-corrected chi connectivity index (χ2v) is 5.47. The van der Waals surface area contributed by atoms with Crippen LogP contribution in [0.2, 0.25) is 0 Å². The molecule has 2 N–H and O–H groups in total. The lowest BCUT2D eigenvalue weighted by Crippen LogP contribution is -2.42. The van der Waals surface area contributed by atoms with Gasteiger partial charge in [0.05, 0.1) is 6.61 Å². The standard InChI is InChI=1S/C15H24N2O/c1-11-4-5-12(2)15(8-11)17-7-6-13(3)16-14(9-17)10-18/h4-5,8,13-14,16,18H,6-7,9-10H2,1-3H3. The van der Waals surface area contributed by atoms with E-state index in [1.807, 2.05) is 0 Å². The largest absolute Gasteiger partial charge is 0.395 e. The zero-order valence-corrected chi connectivity index (χ0v) is 11.6. The molecule has 3 heteroatoms. The number of aliphatic hydroxyl groups is 1. The van der Waals surface area contributed by atoms with Crippen LogP contribution in [0.1, 0.15) is 24.5 Å². The summed E-state index contributed by atoms with van der Waals surface area (Å²) in [6.07, 6.45) is 1.11. The van der Waals surface area contributed by atoms with E-state index in [9.17, 15) is 5.11 Å². The van der Waals surface area contributed by atoms with Crippen LogP contribution in [0.5, 0.6) is 0 Å². The Labute approximate surface area is 110 Å². The number of aryl methyl sites for hydroxylation is 2. The third kappa shape index (κ3) is 3.03. The monoisotopic (exact) mass is 248 g/mol. The molecule has 3 nitrogen and oxygen atoms in total. The molecule has 1 fully saturated rings. The van der Waals surface area contributed by atoms with Gasteiger partial charge in [-0.25, -0.2) is 0 Å². The molecule has 100 valence electrons. The Balaban J connectivity index is 2.23. The van der Waals surface area contributed by atoms with E-state index in [1.165, 1.54) is 16.8 Å². The molecule has 0 amide bonds. The summed E-state index contributed by atoms with van der Waals surface area (Å²) in [6, 6.07) is 7.22. The first-order valence-electron chi connectivity index (χ1n) is 6.79. The Bertz CT molecular complexity index is 405. The normalized spacial score (nSPS) is 25.0. The van der Waals surface area contributed by atoms with Crippen molar-refractivity contribution in [1.82, 2.24) is 5.32 Å². The van der Waals surface area contributed by atoms with E-state index in [2.05, 4.69) is 49.2 Å². The SMILES string of the molecule is Cc1ccc(C)c(N2CCC(C)NC(CO)C2)c1. The summed E-state index contributed by atoms with van der Waals surface area (Å²) in [5.74, 6) is 0. The van der Waals surface area contributed by atoms with Crippen LogP contribution in [-0.2, 0) is 0 Å². The highest BCUT2D eigenvalue weighted by Crippen LogP contribution is 2.23. The van der Waals surface area contributed by atoms with Gasteiger partial charge in [0.1, 0.15) is 0 Å². The van der Waals surface area contributed by atoms with Crippen LogP contribution in [0.3, 0.4) is 0 Å². The number of anilines is 1. The fourth-order valence-electron chi connectivity index (χ4n) is 2.63. The molecule has 1 aliphatic rings. The van der Waals surface area contributed by atoms with Crippen molar-refractivity contribution in [3.8, 4) is 0 Å². The quantitative estimate of drug-likeness (QED) is 0.838. The summed E-state index contributed by atoms with van der Waals surface area (Å²) >= 11 is 0. The van der Waals surface area contributed by atoms with Gasteiger partial charge in [0.2, 0.25) is 0 Å². The maximum Gasteiger partial charge on any atom is 0.0602 e. The van der Waals surface area contributed by atoms with Crippen LogP contribution in [0.15, 0.2) is 18.2 Å². The third-order valence-corrected chi connectivity index (χ3v) is 3.72. The molecule has 0 radical (unpaired) electrons. The van der Waals surface area contributed by atoms with Crippen molar-refractivity contribution in [3.63, 3.8) is 0 Å². The van der Waals surface area contributed by atoms with Crippen LogP contribution in [-0.4, -0.2) is 36.9 Å². The summed E-state index contributed by atoms with van der Waals surface area (Å²) in [6.45, 7) is 8.61. The van der Waals surface area contributed by atoms with Gasteiger partial charge < -0.3 is 15.3 Å². The Morgan fingerprint density at radius 2 is 2.17 bits per heavy atom. The van der Waals surface area contributed by atoms with Gasteiger partial charge >= 0.3 is 0 Å². The van der Waals surface area contributed by atoms with Gasteiger partial charge in [0.25, 0.3) is 0 Å². The molecule has 0 saturated carbocycles. The Morgan fingerprint density at radius 1 is 1.39 bits per heavy atom. The molecule has 1 aliphatic heterocycles. The topological polar surface area (TPSA) is 35.5 Å². The average Bonchev–Trinajstić information content (AvgIpc) is 2.54. The minimum absolute atomic E-state index is 0.169. The smallest absolute Gasteiger partial charge is 0.0602 e. The Kier molecular flexibility index (Phi) is 4.25. The Hall–Kier alpha value is -1.06. The van der Waals surface area contributed by atoms with Crippen molar-refractivity contribution < 1.29 is 5.11 Å². The first-order valence-corrected chi connectivity index (χ1v) is 6.79. The third-order valence-electron chi connectivity index (χ3n) is 3.72. The van der Waals surface area contributed by atoms with Gasteiger partial charge in [0, 0.05) is 30.9 Å². The lowest BCUT2D eigenvalue weighted by atomic mass is 10.1. The summed E-state index contributed by atoms with van der Waals surface area (Å²) in [5, 5.41) is 12.9. The highest BCUT2D eigenvalue weighted by molar-refractivity contribution is 5.55. The number of nitrogens with zero attached hydrogens (tertiary/aromatic N) is 1. The average molecular weight is 248 g/mol. The molecular weight excluding hydrogens is 224 g/mol. The molecule has 18 heavy (non-hydrogen) atoms. The summed E-state index contributed by atoms with van der Waals surface area (Å²) in [7, 11) is 0. The Morgan fingerprint density at radius 3 is 2.89 bits per heavy atom. The molecule has 0 aromatic heterocycles. The van der Waals surface area contributed by atoms with Crippen LogP contribution < -0.4 is 10.2 Å². The lowest BCUT2D eigenvalue weighted by molar-refractivity contribution is 0.240. The molecule has 2 rings (SSSR count). The van der Waals surface area contributed by atoms with Gasteiger partial charge in [-0.05, 0) is 44.4 Å². The van der Waals surface area contributed by atoms with Gasteiger partial charge in [-0.2, -0.15) is 0 Å². The molecule has 0 spiro atoms. The lowest BCUT2D eigenvalue weighted by Gasteiger charge is -2.27. The number of aliphatic hydroxyl groups excluding tert-OH is 1. The maximum atomic E-state index is 9.43. The fourth-order valence-corrected chi connectivity index (χ4v) is 2.63. The second-order valence-electron chi connectivity index (χ2n) is 5.47. The van der Waals surface area contributed by atoms with Crippen molar-refractivity contribution in [2.24, 2.45) is 0 Å². The predicted molar refractivity (Wildman–Crippen MR) is 76.2 cm³/mol. The van der Waals surface area contributed by atoms with Crippen LogP contribution in [0.25, 0.3) is 0 Å². The number of benzene rings is 1. The van der Waals surface area contributed by atoms with Crippen molar-refractivity contribution in [3.05, 3.63) is 29.3 Å². The van der Waals surface area contributed by atoms with E-state index >= 15 is 0 Å². The molecule has 2 unspecified atom stereocenters. The van der Waals surface area contributed by atoms with Crippen LogP contribution in [0, 0.1) is 13.8 Å². The van der Waals surface area contributed by atoms with Crippen molar-refractivity contribution in [2.75, 3.05) is 24.6 Å². The highest BCUT2D eigenvalue weighted by Gasteiger charge is 2.21. The number of hydrogen-bond acceptors (Lipinski definition) is 3. The molecule has 1 saturated heterocycles. The molecule has 2 atom stereocenters. The van der Waals surface area contributed by atoms with E-state index in [0.29, 0.717) is 6.04 Å². The number of hydrogen-bond donors (Lipinski definition) is 2. The summed E-state index contributed by atoms with van der Waals surface area (Å²) < 4.78 is 0. The van der Waals surface area contributed by atoms with Gasteiger partial charge in [-0.3, -0.25) is 0 Å². The maximum absolute atomic E-state index is 9.43. The van der Waals surface area contributed by atoms with Crippen LogP contribution >= 0.6 is 0 Å². The minimum atomic E-state index is 0.169. The molecule has 0 aliphatic carbocycles. The second kappa shape index (κ2) is 5.72. The van der Waals surface area contributed by atoms with E-state index < -0.39 is 0 Å². The van der Waals surface area contributed by atoms with Crippen molar-refractivity contribution in [1.29, 1.82) is 0 Å². The van der Waals surface area contributed by atoms with Gasteiger partial charge in [-0.1, -0.05) is 12.1 Å². The summed E-state index contributed by atoms with van der Waals surface area (Å²) in [4.78, 5) is 2.40. The number of nitrogens with one attached hydrogen (secondary N) is 1. The summed E-state index contributed by atoms with van der Waals surface area (Å²) in [5.41, 5.74) is 3.91. The molecule has 1 aromatic carbocycles. The fraction of sp³-hybridized carbons (Fsp3) is 0.600. The van der Waals surface area contributed by atoms with Gasteiger partial charge in [-0.15, -0.1) is 0 Å². The van der Waals surface area contributed by atoms with E-state index in [0.717, 1.165) is 19.5 Å². The van der Waals surface area contributed by atoms with Crippen LogP contribution in [0.4, 0.5) is 5.69 Å². The molecule has 1 heterocycles. The highest BCUT2D eigenvalue weighted by atomic mass is 16.3. The van der Waals surface area contributed by atoms with E-state index in [4.69, 9.17) is 0 Å². The first-order chi connectivity index (χ1) is 8.60. The first kappa shape index (κ1) is 13.4. The molecule has 0 bridgehead atoms. The van der Waals surface area contributed by atoms with Gasteiger partial charge in [0.15, 0.2) is 0 Å². The van der Waals surface area contributed by atoms with E-state index in [1.54, 1.807) is 0 Å². The predicted octanol–water partition coefficient (Wildman–Crippen LogP) is 1.85. The van der Waals surface area contributed by atoms with E-state index in [-0.39, 0.29) is 12.6 Å². The minimum Gasteiger partial charge on any atom is -0.395 e. The number of rotatable bonds is 2.